The summed E-state index contributed by atoms with van der Waals surface area (Å²) in [5.41, 5.74) is 0.886. The van der Waals surface area contributed by atoms with Crippen LogP contribution in [0.5, 0.6) is 0 Å². The van der Waals surface area contributed by atoms with Gasteiger partial charge < -0.3 is 5.11 Å². The Morgan fingerprint density at radius 2 is 1.77 bits per heavy atom. The smallest absolute Gasteiger partial charge is 0.181 e. The van der Waals surface area contributed by atoms with Gasteiger partial charge in [0, 0.05) is 11.5 Å². The summed E-state index contributed by atoms with van der Waals surface area (Å²) in [6, 6.07) is 22.1. The van der Waals surface area contributed by atoms with Crippen LogP contribution in [-0.4, -0.2) is 20.3 Å². The number of hydrogen-bond donors (Lipinski definition) is 2. The molecule has 1 saturated carbocycles. The lowest BCUT2D eigenvalue weighted by Crippen LogP contribution is -2.36. The molecule has 0 radical (unpaired) electrons. The molecule has 0 bridgehead atoms. The first kappa shape index (κ1) is 16.5. The fourth-order valence-corrected chi connectivity index (χ4v) is 3.81. The summed E-state index contributed by atoms with van der Waals surface area (Å²) >= 11 is 0. The van der Waals surface area contributed by atoms with Gasteiger partial charge >= 0.3 is 0 Å². The monoisotopic (exact) mass is 344 g/mol. The van der Waals surface area contributed by atoms with Gasteiger partial charge in [0.15, 0.2) is 11.6 Å². The molecular weight excluding hydrogens is 324 g/mol. The Morgan fingerprint density at radius 3 is 2.46 bits per heavy atom. The average Bonchev–Trinajstić information content (AvgIpc) is 3.21. The Balaban J connectivity index is 1.64. The zero-order valence-electron chi connectivity index (χ0n) is 14.3. The van der Waals surface area contributed by atoms with E-state index in [9.17, 15) is 10.4 Å². The minimum absolute atomic E-state index is 0.0229. The topological polar surface area (TPSA) is 85.6 Å². The highest BCUT2D eigenvalue weighted by Crippen LogP contribution is 2.46. The van der Waals surface area contributed by atoms with Crippen LogP contribution in [0.4, 0.5) is 0 Å². The predicted octanol–water partition coefficient (Wildman–Crippen LogP) is 3.77. The minimum atomic E-state index is -1.10. The molecule has 1 aromatic heterocycles. The second-order valence-electron chi connectivity index (χ2n) is 6.90. The van der Waals surface area contributed by atoms with Crippen molar-refractivity contribution < 1.29 is 5.11 Å². The van der Waals surface area contributed by atoms with Crippen molar-refractivity contribution >= 4 is 0 Å². The Kier molecular flexibility index (Phi) is 4.27. The second kappa shape index (κ2) is 6.74. The van der Waals surface area contributed by atoms with Crippen LogP contribution in [0.25, 0.3) is 11.4 Å². The van der Waals surface area contributed by atoms with E-state index in [-0.39, 0.29) is 11.8 Å². The molecule has 2 N–H and O–H groups in total. The largest absolute Gasteiger partial charge is 0.382 e. The van der Waals surface area contributed by atoms with E-state index >= 15 is 0 Å². The molecule has 2 aromatic carbocycles. The fourth-order valence-electron chi connectivity index (χ4n) is 3.81. The predicted molar refractivity (Wildman–Crippen MR) is 97.9 cm³/mol. The highest BCUT2D eigenvalue weighted by molar-refractivity contribution is 5.54. The van der Waals surface area contributed by atoms with E-state index in [2.05, 4.69) is 21.3 Å². The molecule has 0 unspecified atom stereocenters. The molecule has 0 saturated heterocycles. The number of aromatic amines is 1. The molecule has 0 aliphatic heterocycles. The molecule has 1 aliphatic rings. The van der Waals surface area contributed by atoms with Gasteiger partial charge in [-0.3, -0.25) is 5.10 Å². The van der Waals surface area contributed by atoms with Crippen LogP contribution in [0.15, 0.2) is 60.7 Å². The van der Waals surface area contributed by atoms with E-state index < -0.39 is 5.60 Å². The molecule has 26 heavy (non-hydrogen) atoms. The van der Waals surface area contributed by atoms with E-state index in [0.29, 0.717) is 30.9 Å². The Hall–Kier alpha value is -2.97. The molecular formula is C21H20N4O. The van der Waals surface area contributed by atoms with Crippen LogP contribution in [0.2, 0.25) is 0 Å². The first-order valence-corrected chi connectivity index (χ1v) is 8.85. The van der Waals surface area contributed by atoms with Crippen molar-refractivity contribution in [3.8, 4) is 17.5 Å². The van der Waals surface area contributed by atoms with Gasteiger partial charge in [-0.05, 0) is 24.8 Å². The number of nitriles is 1. The lowest BCUT2D eigenvalue weighted by molar-refractivity contribution is -0.0245. The van der Waals surface area contributed by atoms with Gasteiger partial charge in [0.05, 0.1) is 12.0 Å². The zero-order valence-corrected chi connectivity index (χ0v) is 14.3. The highest BCUT2D eigenvalue weighted by atomic mass is 16.3. The lowest BCUT2D eigenvalue weighted by atomic mass is 9.69. The van der Waals surface area contributed by atoms with Crippen molar-refractivity contribution in [3.05, 3.63) is 72.1 Å². The van der Waals surface area contributed by atoms with Gasteiger partial charge in [-0.25, -0.2) is 4.98 Å². The van der Waals surface area contributed by atoms with Gasteiger partial charge in [0.1, 0.15) is 5.60 Å². The van der Waals surface area contributed by atoms with Gasteiger partial charge in [0.25, 0.3) is 0 Å². The molecule has 0 amide bonds. The molecule has 3 aromatic rings. The molecule has 3 atom stereocenters. The summed E-state index contributed by atoms with van der Waals surface area (Å²) < 4.78 is 0. The number of aliphatic hydroxyl groups is 1. The lowest BCUT2D eigenvalue weighted by Gasteiger charge is -2.38. The minimum Gasteiger partial charge on any atom is -0.382 e. The molecule has 1 aliphatic carbocycles. The van der Waals surface area contributed by atoms with Crippen molar-refractivity contribution in [1.29, 1.82) is 5.26 Å². The Labute approximate surface area is 152 Å². The molecule has 5 nitrogen and oxygen atoms in total. The van der Waals surface area contributed by atoms with Gasteiger partial charge in [-0.15, -0.1) is 0 Å². The summed E-state index contributed by atoms with van der Waals surface area (Å²) in [7, 11) is 0. The molecule has 1 fully saturated rings. The number of rotatable bonds is 3. The van der Waals surface area contributed by atoms with Crippen molar-refractivity contribution in [1.82, 2.24) is 15.2 Å². The number of nitrogens with zero attached hydrogens (tertiary/aromatic N) is 3. The average molecular weight is 344 g/mol. The molecule has 0 spiro atoms. The van der Waals surface area contributed by atoms with Gasteiger partial charge in [-0.1, -0.05) is 60.7 Å². The van der Waals surface area contributed by atoms with Crippen LogP contribution >= 0.6 is 0 Å². The number of aromatic nitrogens is 3. The summed E-state index contributed by atoms with van der Waals surface area (Å²) in [5, 5.41) is 28.1. The van der Waals surface area contributed by atoms with Crippen molar-refractivity contribution in [2.45, 2.75) is 30.8 Å². The standard InChI is InChI=1S/C21H20N4O/c22-14-17-11-12-21(26,13-18(17)15-7-3-1-4-8-15)20-23-19(24-25-20)16-9-5-2-6-10-16/h1-10,17-18,26H,11-13H2,(H,23,24,25)/t17-,18-,21+/m1/s1. The summed E-state index contributed by atoms with van der Waals surface area (Å²) in [6.07, 6.45) is 1.59. The molecule has 5 heteroatoms. The quantitative estimate of drug-likeness (QED) is 0.757. The Morgan fingerprint density at radius 1 is 1.08 bits per heavy atom. The van der Waals surface area contributed by atoms with E-state index in [0.717, 1.165) is 11.1 Å². The van der Waals surface area contributed by atoms with Gasteiger partial charge in [0.2, 0.25) is 0 Å². The summed E-state index contributed by atoms with van der Waals surface area (Å²) in [5.74, 6) is 0.931. The van der Waals surface area contributed by atoms with Gasteiger partial charge in [-0.2, -0.15) is 10.4 Å². The van der Waals surface area contributed by atoms with Crippen molar-refractivity contribution in [3.63, 3.8) is 0 Å². The summed E-state index contributed by atoms with van der Waals surface area (Å²) in [4.78, 5) is 4.56. The van der Waals surface area contributed by atoms with Crippen LogP contribution in [0.3, 0.4) is 0 Å². The van der Waals surface area contributed by atoms with E-state index in [1.54, 1.807) is 0 Å². The van der Waals surface area contributed by atoms with E-state index in [1.807, 2.05) is 60.7 Å². The maximum absolute atomic E-state index is 11.3. The third kappa shape index (κ3) is 3.00. The maximum Gasteiger partial charge on any atom is 0.181 e. The third-order valence-corrected chi connectivity index (χ3v) is 5.26. The van der Waals surface area contributed by atoms with Crippen molar-refractivity contribution in [2.24, 2.45) is 5.92 Å². The number of H-pyrrole nitrogens is 1. The van der Waals surface area contributed by atoms with Crippen LogP contribution in [0.1, 0.15) is 36.6 Å². The number of hydrogen-bond acceptors (Lipinski definition) is 4. The maximum atomic E-state index is 11.3. The molecule has 1 heterocycles. The normalized spacial score (nSPS) is 25.5. The van der Waals surface area contributed by atoms with Crippen molar-refractivity contribution in [2.75, 3.05) is 0 Å². The Bertz CT molecular complexity index is 916. The number of benzene rings is 2. The second-order valence-corrected chi connectivity index (χ2v) is 6.90. The zero-order chi connectivity index (χ0) is 18.0. The van der Waals surface area contributed by atoms with Crippen LogP contribution in [0, 0.1) is 17.2 Å². The molecule has 4 rings (SSSR count). The molecule has 130 valence electrons. The number of nitrogens with one attached hydrogen (secondary N) is 1. The van der Waals surface area contributed by atoms with Crippen LogP contribution < -0.4 is 0 Å². The fraction of sp³-hybridized carbons (Fsp3) is 0.286. The van der Waals surface area contributed by atoms with E-state index in [4.69, 9.17) is 0 Å². The third-order valence-electron chi connectivity index (χ3n) is 5.26. The SMILES string of the molecule is N#C[C@H]1CC[C@@](O)(c2nc(-c3ccccc3)n[nH]2)C[C@@H]1c1ccccc1. The van der Waals surface area contributed by atoms with Crippen LogP contribution in [-0.2, 0) is 5.60 Å². The first-order chi connectivity index (χ1) is 12.7. The highest BCUT2D eigenvalue weighted by Gasteiger charge is 2.43. The summed E-state index contributed by atoms with van der Waals surface area (Å²) in [6.45, 7) is 0. The van der Waals surface area contributed by atoms with E-state index in [1.165, 1.54) is 0 Å². The first-order valence-electron chi connectivity index (χ1n) is 8.85.